The number of aromatic carboxylic acids is 2. The van der Waals surface area contributed by atoms with Crippen LogP contribution < -0.4 is 10.2 Å². The van der Waals surface area contributed by atoms with E-state index in [1.54, 1.807) is 0 Å². The predicted molar refractivity (Wildman–Crippen MR) is 67.0 cm³/mol. The van der Waals surface area contributed by atoms with Gasteiger partial charge in [-0.25, -0.2) is 8.42 Å². The number of benzene rings is 2. The summed E-state index contributed by atoms with van der Waals surface area (Å²) in [5.74, 6) is -3.33. The molecule has 0 heterocycles. The summed E-state index contributed by atoms with van der Waals surface area (Å²) in [5, 5.41) is 22.0. The van der Waals surface area contributed by atoms with E-state index in [0.717, 1.165) is 24.3 Å². The number of carboxylic acid groups (broad SMARTS) is 2. The first kappa shape index (κ1) is 18.0. The van der Waals surface area contributed by atoms with E-state index in [1.807, 2.05) is 0 Å². The van der Waals surface area contributed by atoms with Crippen molar-refractivity contribution in [2.24, 2.45) is 0 Å². The molecule has 0 bridgehead atoms. The van der Waals surface area contributed by atoms with Gasteiger partial charge in [-0.1, -0.05) is 36.4 Å². The van der Waals surface area contributed by atoms with Crippen LogP contribution in [-0.2, 0) is 29.3 Å². The number of carbonyl (C=O) groups is 2. The Morgan fingerprint density at radius 2 is 1.05 bits per heavy atom. The van der Waals surface area contributed by atoms with Crippen LogP contribution >= 0.6 is 0 Å². The van der Waals surface area contributed by atoms with E-state index in [2.05, 4.69) is 0 Å². The Hall–Kier alpha value is -2.05. The summed E-state index contributed by atoms with van der Waals surface area (Å²) in [5.41, 5.74) is -1.07. The predicted octanol–water partition coefficient (Wildman–Crippen LogP) is -0.756. The van der Waals surface area contributed by atoms with Crippen molar-refractivity contribution in [3.8, 4) is 0 Å². The van der Waals surface area contributed by atoms with Crippen LogP contribution in [0.3, 0.4) is 0 Å². The van der Waals surface area contributed by atoms with E-state index in [0.29, 0.717) is 0 Å². The number of hydrogen-bond donors (Lipinski definition) is 0. The molecule has 0 spiro atoms. The van der Waals surface area contributed by atoms with Crippen molar-refractivity contribution in [1.29, 1.82) is 0 Å². The van der Waals surface area contributed by atoms with Gasteiger partial charge in [0.15, 0.2) is 0 Å². The summed E-state index contributed by atoms with van der Waals surface area (Å²) < 4.78 is 25.0. The summed E-state index contributed by atoms with van der Waals surface area (Å²) in [4.78, 5) is 21.0. The quantitative estimate of drug-likeness (QED) is 0.655. The Morgan fingerprint density at radius 1 is 0.727 bits per heavy atom. The first-order valence-corrected chi connectivity index (χ1v) is 7.20. The molecule has 0 saturated heterocycles. The molecule has 0 aromatic heterocycles. The third-order valence-corrected chi connectivity index (χ3v) is 4.66. The molecule has 0 saturated carbocycles. The van der Waals surface area contributed by atoms with Crippen molar-refractivity contribution in [2.75, 3.05) is 0 Å². The minimum Gasteiger partial charge on any atom is -0.545 e. The first-order chi connectivity index (χ1) is 9.85. The Kier molecular flexibility index (Phi) is 5.57. The Morgan fingerprint density at radius 3 is 1.36 bits per heavy atom. The zero-order valence-corrected chi connectivity index (χ0v) is 15.0. The second kappa shape index (κ2) is 6.81. The number of carbonyl (C=O) groups excluding carboxylic acids is 2. The maximum atomic E-state index is 12.5. The molecule has 2 aromatic carbocycles. The van der Waals surface area contributed by atoms with Gasteiger partial charge in [-0.05, 0) is 12.1 Å². The van der Waals surface area contributed by atoms with Gasteiger partial charge in [-0.15, -0.1) is 0 Å². The molecule has 0 fully saturated rings. The molecule has 2 aromatic rings. The normalized spacial score (nSPS) is 10.5. The minimum atomic E-state index is -4.33. The fraction of sp³-hybridized carbons (Fsp3) is 0. The fourth-order valence-corrected chi connectivity index (χ4v) is 3.49. The molecule has 0 atom stereocenters. The smallest absolute Gasteiger partial charge is 0.545 e. The average Bonchev–Trinajstić information content (AvgIpc) is 2.47. The van der Waals surface area contributed by atoms with Crippen molar-refractivity contribution in [3.05, 3.63) is 59.7 Å². The summed E-state index contributed by atoms with van der Waals surface area (Å²) in [7, 11) is -4.33. The molecule has 8 heteroatoms. The van der Waals surface area contributed by atoms with Crippen LogP contribution in [0, 0.1) is 0 Å². The van der Waals surface area contributed by atoms with Gasteiger partial charge in [0.05, 0.1) is 21.7 Å². The maximum Gasteiger partial charge on any atom is 2.00 e. The number of sulfone groups is 1. The van der Waals surface area contributed by atoms with Gasteiger partial charge in [0.1, 0.15) is 0 Å². The summed E-state index contributed by atoms with van der Waals surface area (Å²) in [6.45, 7) is 0. The van der Waals surface area contributed by atoms with E-state index in [4.69, 9.17) is 0 Å². The zero-order valence-electron chi connectivity index (χ0n) is 11.2. The number of rotatable bonds is 4. The van der Waals surface area contributed by atoms with E-state index >= 15 is 0 Å². The van der Waals surface area contributed by atoms with Crippen molar-refractivity contribution < 1.29 is 47.7 Å². The molecule has 0 aliphatic carbocycles. The van der Waals surface area contributed by atoms with Crippen molar-refractivity contribution in [3.63, 3.8) is 0 Å². The van der Waals surface area contributed by atoms with Crippen LogP contribution in [0.5, 0.6) is 0 Å². The third kappa shape index (κ3) is 3.23. The third-order valence-electron chi connectivity index (χ3n) is 2.79. The standard InChI is InChI=1S/C14H10O6S.Zn/c15-13(16)9-5-1-3-7-11(9)21(19,20)12-8-4-2-6-10(12)14(17)18;/h1-8H,(H,15,16)(H,17,18);/q;+2/p-2. The SMILES string of the molecule is O=C([O-])c1ccccc1S(=O)(=O)c1ccccc1C(=O)[O-].[Zn+2]. The molecule has 0 amide bonds. The molecule has 108 valence electrons. The zero-order chi connectivity index (χ0) is 15.6. The van der Waals surface area contributed by atoms with E-state index in [-0.39, 0.29) is 19.5 Å². The number of carboxylic acids is 2. The van der Waals surface area contributed by atoms with Crippen molar-refractivity contribution in [1.82, 2.24) is 0 Å². The Bertz CT molecular complexity index is 765. The molecular weight excluding hydrogens is 362 g/mol. The van der Waals surface area contributed by atoms with E-state index < -0.39 is 42.7 Å². The molecule has 22 heavy (non-hydrogen) atoms. The fourth-order valence-electron chi connectivity index (χ4n) is 1.86. The van der Waals surface area contributed by atoms with Crippen LogP contribution in [0.2, 0.25) is 0 Å². The van der Waals surface area contributed by atoms with Gasteiger partial charge in [0, 0.05) is 11.1 Å². The molecular formula is C14H8O6SZn. The second-order valence-corrected chi connectivity index (χ2v) is 5.96. The first-order valence-electron chi connectivity index (χ1n) is 5.71. The van der Waals surface area contributed by atoms with Gasteiger partial charge >= 0.3 is 19.5 Å². The van der Waals surface area contributed by atoms with Gasteiger partial charge in [-0.2, -0.15) is 0 Å². The van der Waals surface area contributed by atoms with Gasteiger partial charge in [0.2, 0.25) is 9.84 Å². The molecule has 0 aliphatic heterocycles. The van der Waals surface area contributed by atoms with Crippen LogP contribution in [0.4, 0.5) is 0 Å². The average molecular weight is 370 g/mol. The summed E-state index contributed by atoms with van der Waals surface area (Å²) in [6.07, 6.45) is 0. The van der Waals surface area contributed by atoms with Gasteiger partial charge in [0.25, 0.3) is 0 Å². The van der Waals surface area contributed by atoms with Gasteiger partial charge in [-0.3, -0.25) is 0 Å². The topological polar surface area (TPSA) is 114 Å². The molecule has 0 aliphatic rings. The van der Waals surface area contributed by atoms with Crippen LogP contribution in [0.15, 0.2) is 58.3 Å². The monoisotopic (exact) mass is 368 g/mol. The van der Waals surface area contributed by atoms with Crippen LogP contribution in [0.1, 0.15) is 20.7 Å². The molecule has 0 radical (unpaired) electrons. The largest absolute Gasteiger partial charge is 2.00 e. The van der Waals surface area contributed by atoms with Crippen LogP contribution in [-0.4, -0.2) is 20.4 Å². The summed E-state index contributed by atoms with van der Waals surface area (Å²) in [6, 6.07) is 9.65. The molecule has 0 N–H and O–H groups in total. The summed E-state index contributed by atoms with van der Waals surface area (Å²) >= 11 is 0. The molecule has 6 nitrogen and oxygen atoms in total. The van der Waals surface area contributed by atoms with Crippen molar-refractivity contribution >= 4 is 21.8 Å². The Balaban J connectivity index is 0.00000242. The Labute approximate surface area is 139 Å². The van der Waals surface area contributed by atoms with E-state index in [1.165, 1.54) is 24.3 Å². The second-order valence-electron chi connectivity index (χ2n) is 4.07. The van der Waals surface area contributed by atoms with Gasteiger partial charge < -0.3 is 19.8 Å². The molecule has 0 unspecified atom stereocenters. The maximum absolute atomic E-state index is 12.5. The molecule has 2 rings (SSSR count). The minimum absolute atomic E-state index is 0. The van der Waals surface area contributed by atoms with Crippen molar-refractivity contribution in [2.45, 2.75) is 9.79 Å². The van der Waals surface area contributed by atoms with E-state index in [9.17, 15) is 28.2 Å². The number of hydrogen-bond acceptors (Lipinski definition) is 6. The van der Waals surface area contributed by atoms with Crippen LogP contribution in [0.25, 0.3) is 0 Å².